The molecule has 1 aliphatic heterocycles. The molecule has 0 aromatic heterocycles. The molecule has 0 spiro atoms. The maximum atomic E-state index is 12.8. The zero-order valence-electron chi connectivity index (χ0n) is 26.2. The second-order valence-electron chi connectivity index (χ2n) is 10.6. The SMILES string of the molecule is COC(=O)C[C@H](O[C@@H]1OC(COC(C)=O)[C@H](OCc2ccccc2)[C@H](OCc2ccccc2)C1OCc1ccccc1)C(=O)OC. The molecule has 1 heterocycles. The van der Waals surface area contributed by atoms with Crippen LogP contribution in [0.1, 0.15) is 30.0 Å². The lowest BCUT2D eigenvalue weighted by molar-refractivity contribution is -0.333. The molecule has 0 saturated carbocycles. The third kappa shape index (κ3) is 10.5. The molecule has 1 aliphatic rings. The molecule has 11 nitrogen and oxygen atoms in total. The van der Waals surface area contributed by atoms with Crippen molar-refractivity contribution in [3.8, 4) is 0 Å². The van der Waals surface area contributed by atoms with Gasteiger partial charge in [0, 0.05) is 6.92 Å². The molecule has 4 rings (SSSR count). The Hall–Kier alpha value is -4.13. The first-order valence-corrected chi connectivity index (χ1v) is 14.9. The Bertz CT molecular complexity index is 1350. The first kappa shape index (κ1) is 34.7. The third-order valence-electron chi connectivity index (χ3n) is 7.24. The lowest BCUT2D eigenvalue weighted by Crippen LogP contribution is -2.62. The maximum Gasteiger partial charge on any atom is 0.335 e. The quantitative estimate of drug-likeness (QED) is 0.166. The van der Waals surface area contributed by atoms with E-state index in [0.717, 1.165) is 16.7 Å². The Labute approximate surface area is 268 Å². The summed E-state index contributed by atoms with van der Waals surface area (Å²) in [7, 11) is 2.39. The minimum absolute atomic E-state index is 0.139. The molecule has 3 aromatic carbocycles. The van der Waals surface area contributed by atoms with E-state index in [1.807, 2.05) is 91.0 Å². The normalized spacial score (nSPS) is 21.6. The van der Waals surface area contributed by atoms with Crippen LogP contribution in [0.5, 0.6) is 0 Å². The van der Waals surface area contributed by atoms with E-state index in [9.17, 15) is 14.4 Å². The summed E-state index contributed by atoms with van der Waals surface area (Å²) in [4.78, 5) is 36.9. The van der Waals surface area contributed by atoms with Crippen molar-refractivity contribution in [3.63, 3.8) is 0 Å². The van der Waals surface area contributed by atoms with E-state index in [2.05, 4.69) is 0 Å². The molecule has 6 atom stereocenters. The molecule has 3 aromatic rings. The summed E-state index contributed by atoms with van der Waals surface area (Å²) in [5, 5.41) is 0. The molecular formula is C35H40O11. The molecule has 0 radical (unpaired) electrons. The Morgan fingerprint density at radius 2 is 1.15 bits per heavy atom. The molecule has 46 heavy (non-hydrogen) atoms. The molecule has 0 bridgehead atoms. The van der Waals surface area contributed by atoms with Crippen LogP contribution in [-0.4, -0.2) is 75.5 Å². The van der Waals surface area contributed by atoms with E-state index in [-0.39, 0.29) is 26.4 Å². The topological polar surface area (TPSA) is 125 Å². The van der Waals surface area contributed by atoms with Gasteiger partial charge in [0.05, 0.1) is 40.5 Å². The fourth-order valence-corrected chi connectivity index (χ4v) is 4.90. The summed E-state index contributed by atoms with van der Waals surface area (Å²) >= 11 is 0. The third-order valence-corrected chi connectivity index (χ3v) is 7.24. The van der Waals surface area contributed by atoms with Crippen molar-refractivity contribution < 1.29 is 52.3 Å². The molecule has 2 unspecified atom stereocenters. The van der Waals surface area contributed by atoms with Crippen molar-refractivity contribution >= 4 is 17.9 Å². The van der Waals surface area contributed by atoms with Crippen LogP contribution in [0.4, 0.5) is 0 Å². The Kier molecular flexibility index (Phi) is 13.7. The van der Waals surface area contributed by atoms with E-state index in [0.29, 0.717) is 0 Å². The second-order valence-corrected chi connectivity index (χ2v) is 10.6. The van der Waals surface area contributed by atoms with Crippen LogP contribution in [0.2, 0.25) is 0 Å². The number of esters is 3. The first-order chi connectivity index (χ1) is 22.4. The summed E-state index contributed by atoms with van der Waals surface area (Å²) < 4.78 is 47.1. The molecule has 0 amide bonds. The van der Waals surface area contributed by atoms with Gasteiger partial charge < -0.3 is 37.9 Å². The van der Waals surface area contributed by atoms with Gasteiger partial charge in [0.15, 0.2) is 12.4 Å². The highest BCUT2D eigenvalue weighted by molar-refractivity contribution is 5.81. The van der Waals surface area contributed by atoms with Crippen LogP contribution in [0.25, 0.3) is 0 Å². The summed E-state index contributed by atoms with van der Waals surface area (Å²) in [6.45, 7) is 1.60. The van der Waals surface area contributed by atoms with Crippen molar-refractivity contribution in [3.05, 3.63) is 108 Å². The number of rotatable bonds is 16. The summed E-state index contributed by atoms with van der Waals surface area (Å²) in [6.07, 6.45) is -6.68. The minimum atomic E-state index is -1.39. The van der Waals surface area contributed by atoms with Gasteiger partial charge in [0.25, 0.3) is 0 Å². The number of ether oxygens (including phenoxy) is 8. The zero-order chi connectivity index (χ0) is 32.7. The van der Waals surface area contributed by atoms with Crippen LogP contribution in [0, 0.1) is 0 Å². The number of carbonyl (C=O) groups is 3. The summed E-state index contributed by atoms with van der Waals surface area (Å²) in [5.74, 6) is -2.02. The van der Waals surface area contributed by atoms with E-state index in [4.69, 9.17) is 37.9 Å². The van der Waals surface area contributed by atoms with E-state index < -0.39 is 61.1 Å². The van der Waals surface area contributed by atoms with Crippen molar-refractivity contribution in [1.82, 2.24) is 0 Å². The van der Waals surface area contributed by atoms with Crippen LogP contribution in [0.3, 0.4) is 0 Å². The van der Waals surface area contributed by atoms with Crippen molar-refractivity contribution in [2.45, 2.75) is 70.0 Å². The highest BCUT2D eigenvalue weighted by atomic mass is 16.7. The van der Waals surface area contributed by atoms with Crippen molar-refractivity contribution in [2.75, 3.05) is 20.8 Å². The van der Waals surface area contributed by atoms with Gasteiger partial charge in [0.1, 0.15) is 31.0 Å². The van der Waals surface area contributed by atoms with Gasteiger partial charge in [-0.3, -0.25) is 9.59 Å². The van der Waals surface area contributed by atoms with Crippen LogP contribution in [0.15, 0.2) is 91.0 Å². The second kappa shape index (κ2) is 18.1. The minimum Gasteiger partial charge on any atom is -0.469 e. The Balaban J connectivity index is 1.72. The average Bonchev–Trinajstić information content (AvgIpc) is 3.09. The predicted molar refractivity (Wildman–Crippen MR) is 164 cm³/mol. The fraction of sp³-hybridized carbons (Fsp3) is 0.400. The first-order valence-electron chi connectivity index (χ1n) is 14.9. The smallest absolute Gasteiger partial charge is 0.335 e. The van der Waals surface area contributed by atoms with Gasteiger partial charge >= 0.3 is 17.9 Å². The maximum absolute atomic E-state index is 12.8. The molecule has 0 aliphatic carbocycles. The Morgan fingerprint density at radius 3 is 1.61 bits per heavy atom. The van der Waals surface area contributed by atoms with Crippen LogP contribution >= 0.6 is 0 Å². The number of hydrogen-bond donors (Lipinski definition) is 0. The number of benzene rings is 3. The van der Waals surface area contributed by atoms with Crippen LogP contribution in [-0.2, 0) is 72.1 Å². The summed E-state index contributed by atoms with van der Waals surface area (Å²) in [6, 6.07) is 28.6. The van der Waals surface area contributed by atoms with Gasteiger partial charge in [-0.25, -0.2) is 4.79 Å². The van der Waals surface area contributed by atoms with Gasteiger partial charge in [-0.05, 0) is 16.7 Å². The van der Waals surface area contributed by atoms with E-state index >= 15 is 0 Å². The number of carbonyl (C=O) groups excluding carboxylic acids is 3. The van der Waals surface area contributed by atoms with Gasteiger partial charge in [-0.15, -0.1) is 0 Å². The zero-order valence-corrected chi connectivity index (χ0v) is 26.2. The number of hydrogen-bond acceptors (Lipinski definition) is 11. The highest BCUT2D eigenvalue weighted by Gasteiger charge is 2.50. The van der Waals surface area contributed by atoms with Crippen LogP contribution < -0.4 is 0 Å². The van der Waals surface area contributed by atoms with Crippen molar-refractivity contribution in [2.24, 2.45) is 0 Å². The molecule has 1 fully saturated rings. The highest BCUT2D eigenvalue weighted by Crippen LogP contribution is 2.32. The fourth-order valence-electron chi connectivity index (χ4n) is 4.90. The number of methoxy groups -OCH3 is 2. The molecular weight excluding hydrogens is 596 g/mol. The lowest BCUT2D eigenvalue weighted by atomic mass is 9.97. The summed E-state index contributed by atoms with van der Waals surface area (Å²) in [5.41, 5.74) is 2.66. The standard InChI is InChI=1S/C35H40O11/c1-24(36)41-23-29-31(42-20-25-13-7-4-8-14-25)32(43-21-26-15-9-5-10-16-26)33(44-22-27-17-11-6-12-18-27)35(46-29)45-28(34(38)40-3)19-30(37)39-2/h4-18,28-29,31-33,35H,19-23H2,1-3H3/t28-,29?,31-,32-,33?,35+/m0/s1. The lowest BCUT2D eigenvalue weighted by Gasteiger charge is -2.46. The Morgan fingerprint density at radius 1 is 0.674 bits per heavy atom. The van der Waals surface area contributed by atoms with Gasteiger partial charge in [-0.1, -0.05) is 91.0 Å². The van der Waals surface area contributed by atoms with E-state index in [1.54, 1.807) is 0 Å². The van der Waals surface area contributed by atoms with Crippen molar-refractivity contribution in [1.29, 1.82) is 0 Å². The molecule has 0 N–H and O–H groups in total. The predicted octanol–water partition coefficient (Wildman–Crippen LogP) is 4.15. The monoisotopic (exact) mass is 636 g/mol. The largest absolute Gasteiger partial charge is 0.469 e. The van der Waals surface area contributed by atoms with Gasteiger partial charge in [0.2, 0.25) is 0 Å². The molecule has 246 valence electrons. The van der Waals surface area contributed by atoms with Gasteiger partial charge in [-0.2, -0.15) is 0 Å². The molecule has 1 saturated heterocycles. The molecule has 11 heteroatoms. The van der Waals surface area contributed by atoms with E-state index in [1.165, 1.54) is 21.1 Å². The average molecular weight is 637 g/mol.